The Morgan fingerprint density at radius 1 is 1.65 bits per heavy atom. The van der Waals surface area contributed by atoms with Crippen molar-refractivity contribution >= 4 is 5.91 Å². The molecule has 0 bridgehead atoms. The van der Waals surface area contributed by atoms with Crippen molar-refractivity contribution in [3.05, 3.63) is 29.6 Å². The summed E-state index contributed by atoms with van der Waals surface area (Å²) in [6.07, 6.45) is 1.43. The third kappa shape index (κ3) is 2.43. The van der Waals surface area contributed by atoms with Crippen LogP contribution in [0.3, 0.4) is 0 Å². The van der Waals surface area contributed by atoms with E-state index in [1.807, 2.05) is 17.9 Å². The molecule has 2 heterocycles. The standard InChI is InChI=1S/C12H14N4O/c1-9-7-14-4-5-16(9)12(17)11-3-2-10(6-13)8-15-11/h2-3,8-9,14H,4-5,7H2,1H3/t9-/m1/s1. The molecule has 2 rings (SSSR count). The molecule has 1 aromatic rings. The van der Waals surface area contributed by atoms with E-state index in [2.05, 4.69) is 10.3 Å². The van der Waals surface area contributed by atoms with Gasteiger partial charge in [-0.05, 0) is 19.1 Å². The maximum atomic E-state index is 12.2. The molecule has 1 fully saturated rings. The van der Waals surface area contributed by atoms with Gasteiger partial charge in [0.05, 0.1) is 5.56 Å². The summed E-state index contributed by atoms with van der Waals surface area (Å²) in [6, 6.07) is 5.38. The Bertz CT molecular complexity index is 449. The lowest BCUT2D eigenvalue weighted by Gasteiger charge is -2.33. The Morgan fingerprint density at radius 2 is 2.47 bits per heavy atom. The van der Waals surface area contributed by atoms with Gasteiger partial charge in [0.2, 0.25) is 0 Å². The molecule has 1 amide bonds. The highest BCUT2D eigenvalue weighted by atomic mass is 16.2. The lowest BCUT2D eigenvalue weighted by Crippen LogP contribution is -2.52. The summed E-state index contributed by atoms with van der Waals surface area (Å²) in [5.74, 6) is -0.0662. The Labute approximate surface area is 100 Å². The number of nitriles is 1. The summed E-state index contributed by atoms with van der Waals surface area (Å²) in [6.45, 7) is 4.32. The number of carbonyl (C=O) groups is 1. The van der Waals surface area contributed by atoms with Crippen LogP contribution in [0.15, 0.2) is 18.3 Å². The molecule has 1 saturated heterocycles. The van der Waals surface area contributed by atoms with E-state index >= 15 is 0 Å². The third-order valence-electron chi connectivity index (χ3n) is 2.87. The summed E-state index contributed by atoms with van der Waals surface area (Å²) < 4.78 is 0. The van der Waals surface area contributed by atoms with Crippen LogP contribution < -0.4 is 5.32 Å². The maximum Gasteiger partial charge on any atom is 0.272 e. The normalized spacial score (nSPS) is 19.8. The number of nitrogens with zero attached hydrogens (tertiary/aromatic N) is 3. The fourth-order valence-electron chi connectivity index (χ4n) is 1.88. The first-order valence-electron chi connectivity index (χ1n) is 5.60. The molecule has 1 N–H and O–H groups in total. The minimum Gasteiger partial charge on any atom is -0.332 e. The number of pyridine rings is 1. The number of nitrogens with one attached hydrogen (secondary N) is 1. The second kappa shape index (κ2) is 4.93. The van der Waals surface area contributed by atoms with E-state index in [0.717, 1.165) is 13.1 Å². The lowest BCUT2D eigenvalue weighted by molar-refractivity contribution is 0.0649. The third-order valence-corrected chi connectivity index (χ3v) is 2.87. The number of carbonyl (C=O) groups excluding carboxylic acids is 1. The van der Waals surface area contributed by atoms with Gasteiger partial charge in [-0.15, -0.1) is 0 Å². The van der Waals surface area contributed by atoms with E-state index in [1.165, 1.54) is 6.20 Å². The SMILES string of the molecule is C[C@@H]1CNCCN1C(=O)c1ccc(C#N)cn1. The molecular weight excluding hydrogens is 216 g/mol. The van der Waals surface area contributed by atoms with Gasteiger partial charge < -0.3 is 10.2 Å². The van der Waals surface area contributed by atoms with Gasteiger partial charge in [0.15, 0.2) is 0 Å². The Balaban J connectivity index is 2.15. The van der Waals surface area contributed by atoms with Gasteiger partial charge in [-0.1, -0.05) is 0 Å². The summed E-state index contributed by atoms with van der Waals surface area (Å²) >= 11 is 0. The monoisotopic (exact) mass is 230 g/mol. The van der Waals surface area contributed by atoms with Crippen molar-refractivity contribution in [2.45, 2.75) is 13.0 Å². The second-order valence-electron chi connectivity index (χ2n) is 4.10. The van der Waals surface area contributed by atoms with Gasteiger partial charge >= 0.3 is 0 Å². The van der Waals surface area contributed by atoms with Crippen LogP contribution in [0.4, 0.5) is 0 Å². The van der Waals surface area contributed by atoms with Crippen LogP contribution in [0, 0.1) is 11.3 Å². The molecule has 1 atom stereocenters. The van der Waals surface area contributed by atoms with Crippen molar-refractivity contribution in [2.75, 3.05) is 19.6 Å². The van der Waals surface area contributed by atoms with Crippen molar-refractivity contribution in [1.29, 1.82) is 5.26 Å². The van der Waals surface area contributed by atoms with Gasteiger partial charge in [0.25, 0.3) is 5.91 Å². The Morgan fingerprint density at radius 3 is 3.06 bits per heavy atom. The average Bonchev–Trinajstić information content (AvgIpc) is 2.39. The van der Waals surface area contributed by atoms with Crippen molar-refractivity contribution in [3.8, 4) is 6.07 Å². The first kappa shape index (κ1) is 11.6. The van der Waals surface area contributed by atoms with Gasteiger partial charge in [0, 0.05) is 31.9 Å². The molecule has 1 aromatic heterocycles. The van der Waals surface area contributed by atoms with Crippen LogP contribution in [-0.2, 0) is 0 Å². The van der Waals surface area contributed by atoms with Crippen molar-refractivity contribution in [1.82, 2.24) is 15.2 Å². The fraction of sp³-hybridized carbons (Fsp3) is 0.417. The van der Waals surface area contributed by atoms with E-state index in [-0.39, 0.29) is 11.9 Å². The lowest BCUT2D eigenvalue weighted by atomic mass is 10.2. The molecule has 17 heavy (non-hydrogen) atoms. The van der Waals surface area contributed by atoms with E-state index in [1.54, 1.807) is 12.1 Å². The number of hydrogen-bond donors (Lipinski definition) is 1. The van der Waals surface area contributed by atoms with Crippen LogP contribution in [0.1, 0.15) is 23.0 Å². The number of amides is 1. The summed E-state index contributed by atoms with van der Waals surface area (Å²) in [4.78, 5) is 18.0. The molecule has 1 aliphatic rings. The first-order valence-corrected chi connectivity index (χ1v) is 5.60. The highest BCUT2D eigenvalue weighted by Crippen LogP contribution is 2.09. The molecular formula is C12H14N4O. The Kier molecular flexibility index (Phi) is 3.35. The zero-order chi connectivity index (χ0) is 12.3. The number of aromatic nitrogens is 1. The molecule has 1 aliphatic heterocycles. The fourth-order valence-corrected chi connectivity index (χ4v) is 1.88. The van der Waals surface area contributed by atoms with Crippen LogP contribution in [0.5, 0.6) is 0 Å². The first-order chi connectivity index (χ1) is 8.22. The largest absolute Gasteiger partial charge is 0.332 e. The van der Waals surface area contributed by atoms with Crippen molar-refractivity contribution in [2.24, 2.45) is 0 Å². The molecule has 88 valence electrons. The quantitative estimate of drug-likeness (QED) is 0.757. The summed E-state index contributed by atoms with van der Waals surface area (Å²) in [5, 5.41) is 11.9. The van der Waals surface area contributed by atoms with Gasteiger partial charge in [0.1, 0.15) is 11.8 Å². The highest BCUT2D eigenvalue weighted by molar-refractivity contribution is 5.92. The maximum absolute atomic E-state index is 12.2. The summed E-state index contributed by atoms with van der Waals surface area (Å²) in [7, 11) is 0. The van der Waals surface area contributed by atoms with Gasteiger partial charge in [-0.25, -0.2) is 4.98 Å². The molecule has 0 spiro atoms. The van der Waals surface area contributed by atoms with Gasteiger partial charge in [-0.3, -0.25) is 4.79 Å². The van der Waals surface area contributed by atoms with Crippen LogP contribution in [0.25, 0.3) is 0 Å². The van der Waals surface area contributed by atoms with E-state index in [4.69, 9.17) is 5.26 Å². The minimum absolute atomic E-state index is 0.0662. The van der Waals surface area contributed by atoms with Gasteiger partial charge in [-0.2, -0.15) is 5.26 Å². The van der Waals surface area contributed by atoms with Crippen molar-refractivity contribution < 1.29 is 4.79 Å². The molecule has 0 radical (unpaired) electrons. The molecule has 0 aliphatic carbocycles. The van der Waals surface area contributed by atoms with Crippen LogP contribution >= 0.6 is 0 Å². The van der Waals surface area contributed by atoms with E-state index < -0.39 is 0 Å². The predicted octanol–water partition coefficient (Wildman–Crippen LogP) is 0.387. The molecule has 5 heteroatoms. The number of rotatable bonds is 1. The molecule has 5 nitrogen and oxygen atoms in total. The zero-order valence-corrected chi connectivity index (χ0v) is 9.68. The molecule has 0 unspecified atom stereocenters. The topological polar surface area (TPSA) is 69.0 Å². The minimum atomic E-state index is -0.0662. The van der Waals surface area contributed by atoms with Crippen LogP contribution in [0.2, 0.25) is 0 Å². The predicted molar refractivity (Wildman–Crippen MR) is 62.3 cm³/mol. The number of piperazine rings is 1. The smallest absolute Gasteiger partial charge is 0.272 e. The molecule has 0 aromatic carbocycles. The summed E-state index contributed by atoms with van der Waals surface area (Å²) in [5.41, 5.74) is 0.868. The van der Waals surface area contributed by atoms with E-state index in [9.17, 15) is 4.79 Å². The van der Waals surface area contributed by atoms with E-state index in [0.29, 0.717) is 17.8 Å². The van der Waals surface area contributed by atoms with Crippen LogP contribution in [-0.4, -0.2) is 41.5 Å². The highest BCUT2D eigenvalue weighted by Gasteiger charge is 2.24. The number of hydrogen-bond acceptors (Lipinski definition) is 4. The van der Waals surface area contributed by atoms with Crippen molar-refractivity contribution in [3.63, 3.8) is 0 Å². The Hall–Kier alpha value is -1.93. The molecule has 0 saturated carbocycles. The second-order valence-corrected chi connectivity index (χ2v) is 4.10. The average molecular weight is 230 g/mol. The zero-order valence-electron chi connectivity index (χ0n) is 9.68.